The lowest BCUT2D eigenvalue weighted by atomic mass is 10.2. The van der Waals surface area contributed by atoms with Gasteiger partial charge in [0, 0.05) is 17.0 Å². The summed E-state index contributed by atoms with van der Waals surface area (Å²) in [5.41, 5.74) is 0.731. The summed E-state index contributed by atoms with van der Waals surface area (Å²) in [5.74, 6) is -1.72. The maximum atomic E-state index is 13.2. The minimum atomic E-state index is -3.74. The molecule has 10 heteroatoms. The van der Waals surface area contributed by atoms with Crippen LogP contribution >= 0.6 is 23.4 Å². The van der Waals surface area contributed by atoms with Gasteiger partial charge in [-0.2, -0.15) is 0 Å². The molecule has 6 nitrogen and oxygen atoms in total. The average molecular weight is 457 g/mol. The molecule has 0 unspecified atom stereocenters. The number of carbonyl (C=O) groups is 2. The van der Waals surface area contributed by atoms with E-state index < -0.39 is 27.3 Å². The molecule has 0 aliphatic carbocycles. The smallest absolute Gasteiger partial charge is 0.237 e. The van der Waals surface area contributed by atoms with Gasteiger partial charge in [0.15, 0.2) is 9.84 Å². The van der Waals surface area contributed by atoms with Crippen LogP contribution in [0.15, 0.2) is 46.2 Å². The highest BCUT2D eigenvalue weighted by atomic mass is 35.5. The summed E-state index contributed by atoms with van der Waals surface area (Å²) in [4.78, 5) is 24.9. The second-order valence-electron chi connectivity index (χ2n) is 6.41. The summed E-state index contributed by atoms with van der Waals surface area (Å²) in [6.45, 7) is 1.91. The van der Waals surface area contributed by atoms with Gasteiger partial charge in [0.1, 0.15) is 5.82 Å². The molecule has 2 aromatic carbocycles. The number of anilines is 2. The lowest BCUT2D eigenvalue weighted by Crippen LogP contribution is -2.28. The van der Waals surface area contributed by atoms with Crippen molar-refractivity contribution in [3.05, 3.63) is 47.2 Å². The van der Waals surface area contributed by atoms with Crippen LogP contribution < -0.4 is 10.6 Å². The summed E-state index contributed by atoms with van der Waals surface area (Å²) in [7, 11) is -3.74. The quantitative estimate of drug-likeness (QED) is 0.682. The van der Waals surface area contributed by atoms with Crippen molar-refractivity contribution in [3.63, 3.8) is 0 Å². The molecule has 0 bridgehead atoms. The largest absolute Gasteiger partial charge is 0.326 e. The van der Waals surface area contributed by atoms with E-state index in [0.717, 1.165) is 11.0 Å². The number of carbonyl (C=O) groups excluding carboxylic acids is 2. The topological polar surface area (TPSA) is 92.3 Å². The molecule has 0 radical (unpaired) electrons. The predicted octanol–water partition coefficient (Wildman–Crippen LogP) is 4.10. The number of amides is 2. The second kappa shape index (κ2) is 8.73. The normalized spacial score (nSPS) is 16.1. The van der Waals surface area contributed by atoms with E-state index in [2.05, 4.69) is 10.6 Å². The number of nitrogens with one attached hydrogen (secondary N) is 2. The molecule has 1 heterocycles. The molecule has 2 N–H and O–H groups in total. The van der Waals surface area contributed by atoms with E-state index >= 15 is 0 Å². The third-order valence-electron chi connectivity index (χ3n) is 4.30. The Labute approximate surface area is 177 Å². The maximum Gasteiger partial charge on any atom is 0.237 e. The summed E-state index contributed by atoms with van der Waals surface area (Å²) in [6, 6.07) is 8.24. The van der Waals surface area contributed by atoms with Gasteiger partial charge in [0.2, 0.25) is 11.8 Å². The van der Waals surface area contributed by atoms with Gasteiger partial charge in [-0.15, -0.1) is 11.8 Å². The Balaban J connectivity index is 1.66. The third-order valence-corrected chi connectivity index (χ3v) is 7.75. The number of benzene rings is 2. The van der Waals surface area contributed by atoms with Crippen molar-refractivity contribution >= 4 is 56.4 Å². The van der Waals surface area contributed by atoms with Crippen LogP contribution in [-0.2, 0) is 19.4 Å². The van der Waals surface area contributed by atoms with Gasteiger partial charge in [-0.05, 0) is 42.8 Å². The molecule has 2 aromatic rings. The van der Waals surface area contributed by atoms with Gasteiger partial charge in [-0.25, -0.2) is 12.8 Å². The summed E-state index contributed by atoms with van der Waals surface area (Å²) in [5, 5.41) is 4.88. The van der Waals surface area contributed by atoms with Crippen LogP contribution in [0.25, 0.3) is 0 Å². The summed E-state index contributed by atoms with van der Waals surface area (Å²) in [6.07, 6.45) is 0.387. The lowest BCUT2D eigenvalue weighted by Gasteiger charge is -2.23. The monoisotopic (exact) mass is 456 g/mol. The van der Waals surface area contributed by atoms with Gasteiger partial charge < -0.3 is 10.6 Å². The summed E-state index contributed by atoms with van der Waals surface area (Å²) >= 11 is 7.06. The first-order valence-electron chi connectivity index (χ1n) is 8.79. The Hall–Kier alpha value is -2.10. The first-order valence-corrected chi connectivity index (χ1v) is 11.7. The molecular weight excluding hydrogens is 439 g/mol. The van der Waals surface area contributed by atoms with Crippen molar-refractivity contribution in [2.24, 2.45) is 0 Å². The van der Waals surface area contributed by atoms with E-state index in [1.807, 2.05) is 6.92 Å². The standard InChI is InChI=1S/C19H18ClFN2O4S2/c1-2-16-19(25)23-15-10-12(4-6-17(15)28-16)29(26,27)8-7-18(24)22-11-3-5-14(21)13(20)9-11/h3-6,9-10,16H,2,7-8H2,1H3,(H,22,24)(H,23,25)/t16-/m0/s1. The van der Waals surface area contributed by atoms with Crippen LogP contribution in [0.3, 0.4) is 0 Å². The van der Waals surface area contributed by atoms with Crippen molar-refractivity contribution in [1.82, 2.24) is 0 Å². The first kappa shape index (κ1) is 21.6. The fourth-order valence-corrected chi connectivity index (χ4v) is 5.20. The number of fused-ring (bicyclic) bond motifs is 1. The van der Waals surface area contributed by atoms with Crippen molar-refractivity contribution < 1.29 is 22.4 Å². The van der Waals surface area contributed by atoms with Crippen molar-refractivity contribution in [2.75, 3.05) is 16.4 Å². The molecular formula is C19H18ClFN2O4S2. The molecule has 0 fully saturated rings. The number of rotatable bonds is 6. The molecule has 1 aliphatic rings. The molecule has 0 aromatic heterocycles. The molecule has 1 aliphatic heterocycles. The van der Waals surface area contributed by atoms with Gasteiger partial charge in [-0.1, -0.05) is 18.5 Å². The summed E-state index contributed by atoms with van der Waals surface area (Å²) < 4.78 is 38.4. The first-order chi connectivity index (χ1) is 13.7. The van der Waals surface area contributed by atoms with Crippen molar-refractivity contribution in [1.29, 1.82) is 0 Å². The van der Waals surface area contributed by atoms with E-state index in [0.29, 0.717) is 12.1 Å². The second-order valence-corrected chi connectivity index (χ2v) is 10.2. The number of sulfone groups is 1. The van der Waals surface area contributed by atoms with Crippen molar-refractivity contribution in [3.8, 4) is 0 Å². The molecule has 0 saturated carbocycles. The highest BCUT2D eigenvalue weighted by molar-refractivity contribution is 8.01. The highest BCUT2D eigenvalue weighted by Gasteiger charge is 2.27. The van der Waals surface area contributed by atoms with E-state index in [-0.39, 0.29) is 33.2 Å². The van der Waals surface area contributed by atoms with Gasteiger partial charge in [-0.3, -0.25) is 9.59 Å². The predicted molar refractivity (Wildman–Crippen MR) is 112 cm³/mol. The SMILES string of the molecule is CC[C@@H]1Sc2ccc(S(=O)(=O)CCC(=O)Nc3ccc(F)c(Cl)c3)cc2NC1=O. The van der Waals surface area contributed by atoms with Crippen LogP contribution in [0.4, 0.5) is 15.8 Å². The van der Waals surface area contributed by atoms with E-state index in [9.17, 15) is 22.4 Å². The van der Waals surface area contributed by atoms with Crippen LogP contribution in [0.1, 0.15) is 19.8 Å². The molecule has 0 spiro atoms. The Morgan fingerprint density at radius 2 is 2.03 bits per heavy atom. The zero-order valence-electron chi connectivity index (χ0n) is 15.4. The minimum absolute atomic E-state index is 0.0322. The fourth-order valence-electron chi connectivity index (χ4n) is 2.73. The van der Waals surface area contributed by atoms with Crippen molar-refractivity contribution in [2.45, 2.75) is 34.8 Å². The fraction of sp³-hybridized carbons (Fsp3) is 0.263. The average Bonchev–Trinajstić information content (AvgIpc) is 2.68. The molecule has 1 atom stereocenters. The van der Waals surface area contributed by atoms with Crippen LogP contribution in [0, 0.1) is 5.82 Å². The zero-order chi connectivity index (χ0) is 21.2. The van der Waals surface area contributed by atoms with Gasteiger partial charge >= 0.3 is 0 Å². The van der Waals surface area contributed by atoms with Gasteiger partial charge in [0.05, 0.1) is 26.6 Å². The Bertz CT molecular complexity index is 1080. The van der Waals surface area contributed by atoms with Crippen LogP contribution in [-0.4, -0.2) is 31.2 Å². The van der Waals surface area contributed by atoms with E-state index in [1.165, 1.54) is 36.0 Å². The Kier molecular flexibility index (Phi) is 6.50. The number of halogens is 2. The molecule has 2 amide bonds. The molecule has 29 heavy (non-hydrogen) atoms. The van der Waals surface area contributed by atoms with Crippen LogP contribution in [0.2, 0.25) is 5.02 Å². The minimum Gasteiger partial charge on any atom is -0.326 e. The molecule has 3 rings (SSSR count). The highest BCUT2D eigenvalue weighted by Crippen LogP contribution is 2.38. The number of hydrogen-bond acceptors (Lipinski definition) is 5. The number of hydrogen-bond donors (Lipinski definition) is 2. The number of thioether (sulfide) groups is 1. The Morgan fingerprint density at radius 3 is 2.72 bits per heavy atom. The zero-order valence-corrected chi connectivity index (χ0v) is 17.8. The third kappa shape index (κ3) is 5.09. The van der Waals surface area contributed by atoms with E-state index in [4.69, 9.17) is 11.6 Å². The Morgan fingerprint density at radius 1 is 1.28 bits per heavy atom. The molecule has 0 saturated heterocycles. The van der Waals surface area contributed by atoms with Crippen LogP contribution in [0.5, 0.6) is 0 Å². The van der Waals surface area contributed by atoms with E-state index in [1.54, 1.807) is 6.07 Å². The molecule has 154 valence electrons. The van der Waals surface area contributed by atoms with Gasteiger partial charge in [0.25, 0.3) is 0 Å². The lowest BCUT2D eigenvalue weighted by molar-refractivity contribution is -0.116. The maximum absolute atomic E-state index is 13.2.